The standard InChI is InChI=1S/2C7H7.Cu/c2*1-7-5-3-2-4-6-7;/h2*2-5H,1H3;/q2*-1;+2. The van der Waals surface area contributed by atoms with Crippen LogP contribution in [-0.4, -0.2) is 0 Å². The van der Waals surface area contributed by atoms with Crippen LogP contribution in [0.1, 0.15) is 11.1 Å². The van der Waals surface area contributed by atoms with Crippen molar-refractivity contribution in [3.8, 4) is 0 Å². The van der Waals surface area contributed by atoms with Crippen LogP contribution in [0.25, 0.3) is 0 Å². The molecule has 1 radical (unpaired) electrons. The van der Waals surface area contributed by atoms with Gasteiger partial charge in [0, 0.05) is 0 Å². The average molecular weight is 246 g/mol. The number of hydrogen-bond donors (Lipinski definition) is 0. The molecule has 0 aromatic heterocycles. The summed E-state index contributed by atoms with van der Waals surface area (Å²) in [7, 11) is 0. The molecule has 1 heteroatoms. The van der Waals surface area contributed by atoms with Crippen LogP contribution in [0.5, 0.6) is 0 Å². The van der Waals surface area contributed by atoms with Crippen molar-refractivity contribution >= 4 is 0 Å². The van der Waals surface area contributed by atoms with Gasteiger partial charge in [0.05, 0.1) is 0 Å². The smallest absolute Gasteiger partial charge is 0.181 e. The largest absolute Gasteiger partial charge is 2.00 e. The van der Waals surface area contributed by atoms with Crippen molar-refractivity contribution in [3.05, 3.63) is 71.8 Å². The molecule has 0 aliphatic heterocycles. The summed E-state index contributed by atoms with van der Waals surface area (Å²) >= 11 is 0. The van der Waals surface area contributed by atoms with E-state index in [1.807, 2.05) is 62.4 Å². The topological polar surface area (TPSA) is 0 Å². The van der Waals surface area contributed by atoms with Crippen molar-refractivity contribution in [2.45, 2.75) is 13.8 Å². The van der Waals surface area contributed by atoms with Crippen LogP contribution in [0.4, 0.5) is 0 Å². The Bertz CT molecular complexity index is 303. The zero-order valence-corrected chi connectivity index (χ0v) is 9.86. The molecule has 0 heterocycles. The predicted octanol–water partition coefficient (Wildman–Crippen LogP) is 3.59. The van der Waals surface area contributed by atoms with Crippen LogP contribution in [0.2, 0.25) is 0 Å². The molecule has 0 spiro atoms. The van der Waals surface area contributed by atoms with E-state index < -0.39 is 0 Å². The van der Waals surface area contributed by atoms with Crippen molar-refractivity contribution in [3.63, 3.8) is 0 Å². The fourth-order valence-electron chi connectivity index (χ4n) is 0.966. The molecule has 2 aromatic rings. The van der Waals surface area contributed by atoms with Crippen LogP contribution >= 0.6 is 0 Å². The van der Waals surface area contributed by atoms with E-state index in [4.69, 9.17) is 0 Å². The first-order valence-corrected chi connectivity index (χ1v) is 4.65. The van der Waals surface area contributed by atoms with E-state index in [0.717, 1.165) is 0 Å². The fourth-order valence-corrected chi connectivity index (χ4v) is 0.966. The third-order valence-corrected chi connectivity index (χ3v) is 1.73. The summed E-state index contributed by atoms with van der Waals surface area (Å²) < 4.78 is 0. The molecule has 0 fully saturated rings. The summed E-state index contributed by atoms with van der Waals surface area (Å²) in [5.74, 6) is 0. The molecule has 0 nitrogen and oxygen atoms in total. The number of benzene rings is 2. The molecule has 15 heavy (non-hydrogen) atoms. The zero-order chi connectivity index (χ0) is 10.2. The third kappa shape index (κ3) is 6.96. The Morgan fingerprint density at radius 2 is 1.13 bits per heavy atom. The van der Waals surface area contributed by atoms with Gasteiger partial charge < -0.3 is 0 Å². The maximum Gasteiger partial charge on any atom is 2.00 e. The maximum atomic E-state index is 3.03. The molecular formula is C14H14Cu. The Labute approximate surface area is 103 Å². The predicted molar refractivity (Wildman–Crippen MR) is 60.0 cm³/mol. The number of rotatable bonds is 0. The Morgan fingerprint density at radius 1 is 0.733 bits per heavy atom. The van der Waals surface area contributed by atoms with Crippen LogP contribution in [0, 0.1) is 26.0 Å². The van der Waals surface area contributed by atoms with E-state index >= 15 is 0 Å². The molecule has 0 aliphatic carbocycles. The minimum Gasteiger partial charge on any atom is -0.181 e. The molecule has 81 valence electrons. The Hall–Kier alpha value is -1.04. The molecule has 0 unspecified atom stereocenters. The van der Waals surface area contributed by atoms with Crippen LogP contribution in [-0.2, 0) is 17.1 Å². The SMILES string of the molecule is Cc1[c-]cccc1.Cc1[c-]cccc1.[Cu+2]. The van der Waals surface area contributed by atoms with Gasteiger partial charge in [-0.05, 0) is 0 Å². The van der Waals surface area contributed by atoms with Gasteiger partial charge in [-0.1, -0.05) is 13.8 Å². The van der Waals surface area contributed by atoms with E-state index in [9.17, 15) is 0 Å². The zero-order valence-electron chi connectivity index (χ0n) is 8.92. The summed E-state index contributed by atoms with van der Waals surface area (Å²) in [6.07, 6.45) is 0. The Kier molecular flexibility index (Phi) is 7.71. The van der Waals surface area contributed by atoms with Crippen LogP contribution in [0.3, 0.4) is 0 Å². The van der Waals surface area contributed by atoms with Gasteiger partial charge in [-0.15, -0.1) is 0 Å². The van der Waals surface area contributed by atoms with Gasteiger partial charge in [0.15, 0.2) is 0 Å². The van der Waals surface area contributed by atoms with Gasteiger partial charge in [0.25, 0.3) is 0 Å². The van der Waals surface area contributed by atoms with E-state index in [1.165, 1.54) is 11.1 Å². The molecule has 2 aromatic carbocycles. The first kappa shape index (κ1) is 14.0. The van der Waals surface area contributed by atoms with Gasteiger partial charge in [-0.25, -0.2) is 0 Å². The first-order chi connectivity index (χ1) is 6.79. The van der Waals surface area contributed by atoms with Gasteiger partial charge in [0.1, 0.15) is 0 Å². The van der Waals surface area contributed by atoms with E-state index in [0.29, 0.717) is 0 Å². The average Bonchev–Trinajstić information content (AvgIpc) is 2.21. The summed E-state index contributed by atoms with van der Waals surface area (Å²) in [6, 6.07) is 21.9. The van der Waals surface area contributed by atoms with E-state index in [2.05, 4.69) is 12.1 Å². The molecule has 0 bridgehead atoms. The number of aryl methyl sites for hydroxylation is 2. The molecular weight excluding hydrogens is 232 g/mol. The maximum absolute atomic E-state index is 3.03. The van der Waals surface area contributed by atoms with Gasteiger partial charge in [-0.2, -0.15) is 71.8 Å². The molecule has 0 saturated carbocycles. The summed E-state index contributed by atoms with van der Waals surface area (Å²) in [6.45, 7) is 4.06. The summed E-state index contributed by atoms with van der Waals surface area (Å²) in [5, 5.41) is 0. The van der Waals surface area contributed by atoms with Gasteiger partial charge in [0.2, 0.25) is 0 Å². The van der Waals surface area contributed by atoms with E-state index in [1.54, 1.807) is 0 Å². The normalized spacial score (nSPS) is 8.13. The Morgan fingerprint density at radius 3 is 1.27 bits per heavy atom. The molecule has 0 N–H and O–H groups in total. The van der Waals surface area contributed by atoms with Crippen molar-refractivity contribution in [2.75, 3.05) is 0 Å². The monoisotopic (exact) mass is 245 g/mol. The minimum atomic E-state index is 0. The van der Waals surface area contributed by atoms with Crippen LogP contribution in [0.15, 0.2) is 48.5 Å². The van der Waals surface area contributed by atoms with E-state index in [-0.39, 0.29) is 17.1 Å². The quantitative estimate of drug-likeness (QED) is 0.492. The second kappa shape index (κ2) is 8.28. The summed E-state index contributed by atoms with van der Waals surface area (Å²) in [5.41, 5.74) is 2.39. The van der Waals surface area contributed by atoms with Crippen molar-refractivity contribution in [2.24, 2.45) is 0 Å². The number of hydrogen-bond acceptors (Lipinski definition) is 0. The molecule has 0 amide bonds. The second-order valence-electron chi connectivity index (χ2n) is 3.09. The van der Waals surface area contributed by atoms with Crippen molar-refractivity contribution in [1.29, 1.82) is 0 Å². The Balaban J connectivity index is 0.000000245. The first-order valence-electron chi connectivity index (χ1n) is 4.65. The van der Waals surface area contributed by atoms with Gasteiger partial charge >= 0.3 is 17.1 Å². The van der Waals surface area contributed by atoms with Crippen molar-refractivity contribution < 1.29 is 17.1 Å². The molecule has 2 rings (SSSR count). The second-order valence-corrected chi connectivity index (χ2v) is 3.09. The molecule has 0 atom stereocenters. The van der Waals surface area contributed by atoms with Crippen LogP contribution < -0.4 is 0 Å². The molecule has 0 saturated heterocycles. The minimum absolute atomic E-state index is 0. The van der Waals surface area contributed by atoms with Crippen molar-refractivity contribution in [1.82, 2.24) is 0 Å². The van der Waals surface area contributed by atoms with Gasteiger partial charge in [-0.3, -0.25) is 0 Å². The third-order valence-electron chi connectivity index (χ3n) is 1.73. The molecule has 0 aliphatic rings. The fraction of sp³-hybridized carbons (Fsp3) is 0.143. The summed E-state index contributed by atoms with van der Waals surface area (Å²) in [4.78, 5) is 0.